The number of amides is 4. The van der Waals surface area contributed by atoms with E-state index < -0.39 is 35.5 Å². The molecule has 1 atom stereocenters. The first-order valence-corrected chi connectivity index (χ1v) is 20.6. The molecule has 1 aliphatic heterocycles. The van der Waals surface area contributed by atoms with Gasteiger partial charge in [0.1, 0.15) is 11.8 Å². The molecule has 0 aliphatic carbocycles. The number of halogens is 3. The Kier molecular flexibility index (Phi) is 16.2. The van der Waals surface area contributed by atoms with Crippen molar-refractivity contribution in [2.75, 3.05) is 84.5 Å². The second-order valence-electron chi connectivity index (χ2n) is 14.8. The van der Waals surface area contributed by atoms with Crippen molar-refractivity contribution < 1.29 is 60.8 Å². The third-order valence-electron chi connectivity index (χ3n) is 10.2. The topological polar surface area (TPSA) is 208 Å². The van der Waals surface area contributed by atoms with Crippen LogP contribution in [0.5, 0.6) is 0 Å². The Labute approximate surface area is 365 Å². The van der Waals surface area contributed by atoms with E-state index >= 15 is 0 Å². The summed E-state index contributed by atoms with van der Waals surface area (Å²) in [6.45, 7) is 5.27. The number of carbonyl (C=O) groups excluding carboxylic acids is 5. The van der Waals surface area contributed by atoms with Crippen molar-refractivity contribution in [3.63, 3.8) is 0 Å². The first kappa shape index (κ1) is 47.3. The maximum atomic E-state index is 13.2. The van der Waals surface area contributed by atoms with E-state index in [0.29, 0.717) is 87.5 Å². The van der Waals surface area contributed by atoms with E-state index in [1.807, 2.05) is 0 Å². The van der Waals surface area contributed by atoms with Gasteiger partial charge in [-0.05, 0) is 67.9 Å². The molecule has 64 heavy (non-hydrogen) atoms. The number of carbonyl (C=O) groups is 5. The molecule has 1 unspecified atom stereocenters. The maximum Gasteiger partial charge on any atom is 0.416 e. The molecule has 4 amide bonds. The van der Waals surface area contributed by atoms with Gasteiger partial charge in [0.05, 0.1) is 88.3 Å². The van der Waals surface area contributed by atoms with Crippen LogP contribution >= 0.6 is 0 Å². The SMILES string of the molecule is CC(=O)CCC(C(N)=O)N1C(=O)c2cccc(NCCOCCOCCOCCOCCOCCNC(=O)c3ccc4c(c3)c3cn(C)nc3n4-c3ccc(C(F)(F)F)cc3)c2C1=O. The smallest absolute Gasteiger partial charge is 0.382 e. The lowest BCUT2D eigenvalue weighted by Gasteiger charge is -2.23. The van der Waals surface area contributed by atoms with Crippen molar-refractivity contribution in [2.24, 2.45) is 12.8 Å². The first-order chi connectivity index (χ1) is 30.8. The van der Waals surface area contributed by atoms with Gasteiger partial charge in [0.2, 0.25) is 5.91 Å². The first-order valence-electron chi connectivity index (χ1n) is 20.6. The molecule has 6 rings (SSSR count). The number of ketones is 1. The molecule has 3 aromatic carbocycles. The number of aromatic nitrogens is 3. The second kappa shape index (κ2) is 21.9. The number of nitrogens with two attached hydrogens (primary N) is 1. The van der Waals surface area contributed by atoms with Gasteiger partial charge in [-0.3, -0.25) is 33.3 Å². The van der Waals surface area contributed by atoms with Crippen LogP contribution in [0.2, 0.25) is 0 Å². The summed E-state index contributed by atoms with van der Waals surface area (Å²) in [5.41, 5.74) is 7.64. The summed E-state index contributed by atoms with van der Waals surface area (Å²) in [5, 5.41) is 11.9. The number of nitrogens with one attached hydrogen (secondary N) is 2. The zero-order valence-corrected chi connectivity index (χ0v) is 35.4. The van der Waals surface area contributed by atoms with Crippen LogP contribution < -0.4 is 16.4 Å². The maximum absolute atomic E-state index is 13.2. The summed E-state index contributed by atoms with van der Waals surface area (Å²) in [5.74, 6) is -2.63. The third kappa shape index (κ3) is 11.7. The average molecular weight is 894 g/mol. The minimum Gasteiger partial charge on any atom is -0.382 e. The molecule has 0 fully saturated rings. The fourth-order valence-corrected chi connectivity index (χ4v) is 7.15. The lowest BCUT2D eigenvalue weighted by atomic mass is 10.1. The highest BCUT2D eigenvalue weighted by Crippen LogP contribution is 2.35. The highest BCUT2D eigenvalue weighted by atomic mass is 19.4. The van der Waals surface area contributed by atoms with E-state index in [2.05, 4.69) is 15.7 Å². The van der Waals surface area contributed by atoms with Crippen LogP contribution in [0.15, 0.2) is 66.9 Å². The Morgan fingerprint density at radius 1 is 0.781 bits per heavy atom. The average Bonchev–Trinajstić information content (AvgIpc) is 3.87. The molecule has 0 saturated carbocycles. The Bertz CT molecular complexity index is 2450. The molecule has 4 N–H and O–H groups in total. The fraction of sp³-hybridized carbons (Fsp3) is 0.409. The van der Waals surface area contributed by atoms with Crippen molar-refractivity contribution in [2.45, 2.75) is 32.0 Å². The number of alkyl halides is 3. The molecule has 2 aromatic heterocycles. The Morgan fingerprint density at radius 3 is 1.98 bits per heavy atom. The highest BCUT2D eigenvalue weighted by molar-refractivity contribution is 6.25. The zero-order chi connectivity index (χ0) is 45.8. The van der Waals surface area contributed by atoms with Crippen LogP contribution in [0.3, 0.4) is 0 Å². The van der Waals surface area contributed by atoms with Crippen LogP contribution in [0, 0.1) is 0 Å². The second-order valence-corrected chi connectivity index (χ2v) is 14.8. The largest absolute Gasteiger partial charge is 0.416 e. The summed E-state index contributed by atoms with van der Waals surface area (Å²) in [6, 6.07) is 13.6. The molecule has 1 aliphatic rings. The number of imide groups is 1. The van der Waals surface area contributed by atoms with Crippen LogP contribution in [0.25, 0.3) is 27.6 Å². The number of primary amides is 1. The van der Waals surface area contributed by atoms with Gasteiger partial charge in [0.15, 0.2) is 5.65 Å². The normalized spacial score (nSPS) is 13.2. The quantitative estimate of drug-likeness (QED) is 0.0526. The van der Waals surface area contributed by atoms with Crippen molar-refractivity contribution in [1.29, 1.82) is 0 Å². The van der Waals surface area contributed by atoms with E-state index in [1.165, 1.54) is 25.1 Å². The Hall–Kier alpha value is -6.19. The van der Waals surface area contributed by atoms with Crippen molar-refractivity contribution in [3.05, 3.63) is 89.1 Å². The molecule has 5 aromatic rings. The number of hydrogen-bond donors (Lipinski definition) is 3. The molecule has 0 bridgehead atoms. The Morgan fingerprint density at radius 2 is 1.39 bits per heavy atom. The molecule has 0 saturated heterocycles. The number of Topliss-reactive ketones (excluding diaryl/α,β-unsaturated/α-hetero) is 1. The standard InChI is InChI=1S/C44H50F3N7O10/c1-28(55)6-12-37(39(48)56)54-42(58)32-4-3-5-35(38(32)43(54)59)49-14-16-60-18-20-62-22-24-64-25-23-63-21-19-61-17-15-50-41(57)29-7-13-36-33(26-29)34-27-52(2)51-40(34)53(36)31-10-8-30(9-11-31)44(45,46)47/h3-5,7-11,13,26-27,37,49H,6,12,14-25H2,1-2H3,(H2,48,56)(H,50,57). The number of anilines is 1. The van der Waals surface area contributed by atoms with E-state index in [0.717, 1.165) is 27.8 Å². The Balaban J connectivity index is 0.782. The van der Waals surface area contributed by atoms with Gasteiger partial charge in [-0.25, -0.2) is 0 Å². The predicted molar refractivity (Wildman–Crippen MR) is 227 cm³/mol. The van der Waals surface area contributed by atoms with Crippen molar-refractivity contribution >= 4 is 57.0 Å². The van der Waals surface area contributed by atoms with E-state index in [9.17, 15) is 37.1 Å². The van der Waals surface area contributed by atoms with Gasteiger partial charge in [-0.2, -0.15) is 18.3 Å². The molecule has 20 heteroatoms. The summed E-state index contributed by atoms with van der Waals surface area (Å²) in [6.07, 6.45) is -2.68. The lowest BCUT2D eigenvalue weighted by Crippen LogP contribution is -2.48. The zero-order valence-electron chi connectivity index (χ0n) is 35.4. The number of aryl methyl sites for hydroxylation is 1. The van der Waals surface area contributed by atoms with Crippen LogP contribution in [-0.4, -0.2) is 134 Å². The number of ether oxygens (including phenoxy) is 5. The minimum atomic E-state index is -4.45. The summed E-state index contributed by atoms with van der Waals surface area (Å²) < 4.78 is 70.6. The van der Waals surface area contributed by atoms with E-state index in [-0.39, 0.29) is 55.4 Å². The molecule has 0 radical (unpaired) electrons. The minimum absolute atomic E-state index is 0.00318. The molecular weight excluding hydrogens is 844 g/mol. The van der Waals surface area contributed by atoms with Gasteiger partial charge < -0.3 is 44.8 Å². The summed E-state index contributed by atoms with van der Waals surface area (Å²) in [4.78, 5) is 63.6. The van der Waals surface area contributed by atoms with Crippen LogP contribution in [-0.2, 0) is 46.5 Å². The third-order valence-corrected chi connectivity index (χ3v) is 10.2. The predicted octanol–water partition coefficient (Wildman–Crippen LogP) is 4.28. The van der Waals surface area contributed by atoms with E-state index in [4.69, 9.17) is 29.4 Å². The summed E-state index contributed by atoms with van der Waals surface area (Å²) in [7, 11) is 1.75. The van der Waals surface area contributed by atoms with Gasteiger partial charge in [-0.15, -0.1) is 0 Å². The fourth-order valence-electron chi connectivity index (χ4n) is 7.15. The van der Waals surface area contributed by atoms with Gasteiger partial charge >= 0.3 is 6.18 Å². The monoisotopic (exact) mass is 893 g/mol. The van der Waals surface area contributed by atoms with Gasteiger partial charge in [0.25, 0.3) is 17.7 Å². The molecule has 342 valence electrons. The summed E-state index contributed by atoms with van der Waals surface area (Å²) >= 11 is 0. The number of hydrogen-bond acceptors (Lipinski definition) is 12. The van der Waals surface area contributed by atoms with Crippen molar-refractivity contribution in [1.82, 2.24) is 24.6 Å². The number of rotatable bonds is 26. The van der Waals surface area contributed by atoms with Gasteiger partial charge in [-0.1, -0.05) is 6.07 Å². The lowest BCUT2D eigenvalue weighted by molar-refractivity contribution is -0.137. The van der Waals surface area contributed by atoms with Gasteiger partial charge in [0, 0.05) is 60.5 Å². The molecule has 17 nitrogen and oxygen atoms in total. The molecular formula is C44H50F3N7O10. The van der Waals surface area contributed by atoms with Crippen LogP contribution in [0.1, 0.15) is 56.4 Å². The number of nitrogens with zero attached hydrogens (tertiary/aromatic N) is 4. The number of fused-ring (bicyclic) bond motifs is 4. The highest BCUT2D eigenvalue weighted by Gasteiger charge is 2.43. The number of benzene rings is 3. The molecule has 3 heterocycles. The molecule has 0 spiro atoms. The van der Waals surface area contributed by atoms with Crippen LogP contribution in [0.4, 0.5) is 18.9 Å². The van der Waals surface area contributed by atoms with Crippen molar-refractivity contribution in [3.8, 4) is 5.69 Å². The van der Waals surface area contributed by atoms with E-state index in [1.54, 1.807) is 52.8 Å².